The smallest absolute Gasteiger partial charge is 0.249 e. The highest BCUT2D eigenvalue weighted by atomic mass is 16.7. The van der Waals surface area contributed by atoms with Crippen LogP contribution in [0.4, 0.5) is 0 Å². The van der Waals surface area contributed by atoms with Crippen molar-refractivity contribution in [1.29, 1.82) is 0 Å². The first-order chi connectivity index (χ1) is 24.3. The largest absolute Gasteiger partial charge is 0.394 e. The number of carbonyl (C=O) groups is 1. The van der Waals surface area contributed by atoms with Crippen LogP contribution < -0.4 is 5.32 Å². The Bertz CT molecular complexity index is 773. The Morgan fingerprint density at radius 3 is 1.42 bits per heavy atom. The molecule has 1 fully saturated rings. The molecule has 0 aromatic heterocycles. The third-order valence-corrected chi connectivity index (χ3v) is 10.3. The Morgan fingerprint density at radius 1 is 0.600 bits per heavy atom. The van der Waals surface area contributed by atoms with Crippen molar-refractivity contribution in [3.8, 4) is 0 Å². The summed E-state index contributed by atoms with van der Waals surface area (Å²) in [5.74, 6) is -0.583. The number of carbonyl (C=O) groups excluding carboxylic acids is 1. The number of hydrogen-bond acceptors (Lipinski definition) is 9. The lowest BCUT2D eigenvalue weighted by atomic mass is 9.99. The summed E-state index contributed by atoms with van der Waals surface area (Å²) >= 11 is 0. The van der Waals surface area contributed by atoms with Crippen LogP contribution in [0.5, 0.6) is 0 Å². The van der Waals surface area contributed by atoms with Crippen LogP contribution >= 0.6 is 0 Å². The molecule has 0 aromatic carbocycles. The zero-order chi connectivity index (χ0) is 36.8. The van der Waals surface area contributed by atoms with Crippen LogP contribution in [0.2, 0.25) is 0 Å². The van der Waals surface area contributed by atoms with Crippen molar-refractivity contribution in [2.45, 2.75) is 236 Å². The fourth-order valence-corrected chi connectivity index (χ4v) is 6.81. The van der Waals surface area contributed by atoms with Gasteiger partial charge >= 0.3 is 0 Å². The van der Waals surface area contributed by atoms with Crippen LogP contribution in [-0.4, -0.2) is 98.7 Å². The van der Waals surface area contributed by atoms with Crippen LogP contribution in [0, 0.1) is 0 Å². The van der Waals surface area contributed by atoms with Crippen LogP contribution in [-0.2, 0) is 14.3 Å². The first-order valence-electron chi connectivity index (χ1n) is 20.8. The molecule has 1 aliphatic heterocycles. The number of unbranched alkanes of at least 4 members (excludes halogenated alkanes) is 23. The highest BCUT2D eigenvalue weighted by molar-refractivity contribution is 5.80. The Morgan fingerprint density at radius 2 is 1.00 bits per heavy atom. The van der Waals surface area contributed by atoms with E-state index in [1.165, 1.54) is 116 Å². The Hall–Kier alpha value is -0.850. The van der Waals surface area contributed by atoms with E-state index in [9.17, 15) is 35.4 Å². The van der Waals surface area contributed by atoms with Crippen molar-refractivity contribution < 1.29 is 44.9 Å². The molecule has 1 aliphatic rings. The Kier molecular flexibility index (Phi) is 29.9. The normalized spacial score (nSPS) is 22.8. The standard InChI is InChI=1S/C40H79NO9/c1-3-5-7-9-11-13-15-17-19-20-22-24-26-28-33(43)32(31-49-40-38(47)37(46)36(45)35(30-42)50-40)41-39(48)34(44)29-27-25-23-21-18-16-14-12-10-8-6-4-2/h32-38,40,42-47H,3-31H2,1-2H3,(H,41,48)/t32-,33+,34+,35+,36+,37?,38?,40+/m0/s1. The van der Waals surface area contributed by atoms with Gasteiger partial charge in [0, 0.05) is 0 Å². The highest BCUT2D eigenvalue weighted by Crippen LogP contribution is 2.23. The fraction of sp³-hybridized carbons (Fsp3) is 0.975. The molecule has 10 nitrogen and oxygen atoms in total. The summed E-state index contributed by atoms with van der Waals surface area (Å²) in [6.45, 7) is 3.64. The van der Waals surface area contributed by atoms with E-state index in [1.807, 2.05) is 0 Å². The van der Waals surface area contributed by atoms with Crippen molar-refractivity contribution in [2.24, 2.45) is 0 Å². The average molecular weight is 718 g/mol. The van der Waals surface area contributed by atoms with Gasteiger partial charge in [-0.2, -0.15) is 0 Å². The van der Waals surface area contributed by atoms with Gasteiger partial charge in [0.15, 0.2) is 6.29 Å². The van der Waals surface area contributed by atoms with Crippen molar-refractivity contribution in [3.05, 3.63) is 0 Å². The van der Waals surface area contributed by atoms with Crippen LogP contribution in [0.25, 0.3) is 0 Å². The lowest BCUT2D eigenvalue weighted by Crippen LogP contribution is -2.60. The Balaban J connectivity index is 2.45. The minimum Gasteiger partial charge on any atom is -0.394 e. The molecule has 7 N–H and O–H groups in total. The molecule has 0 spiro atoms. The molecular weight excluding hydrogens is 638 g/mol. The van der Waals surface area contributed by atoms with E-state index in [0.29, 0.717) is 12.8 Å². The first-order valence-corrected chi connectivity index (χ1v) is 20.8. The lowest BCUT2D eigenvalue weighted by Gasteiger charge is -2.40. The fourth-order valence-electron chi connectivity index (χ4n) is 6.81. The minimum absolute atomic E-state index is 0.251. The maximum Gasteiger partial charge on any atom is 0.249 e. The van der Waals surface area contributed by atoms with Gasteiger partial charge in [0.05, 0.1) is 25.4 Å². The summed E-state index contributed by atoms with van der Waals surface area (Å²) in [4.78, 5) is 13.0. The maximum atomic E-state index is 13.0. The number of aliphatic hydroxyl groups excluding tert-OH is 6. The molecule has 1 rings (SSSR count). The third kappa shape index (κ3) is 22.3. The minimum atomic E-state index is -1.59. The molecule has 50 heavy (non-hydrogen) atoms. The van der Waals surface area contributed by atoms with Gasteiger partial charge in [-0.05, 0) is 12.8 Å². The molecule has 10 heteroatoms. The van der Waals surface area contributed by atoms with E-state index in [1.54, 1.807) is 0 Å². The van der Waals surface area contributed by atoms with Gasteiger partial charge in [0.25, 0.3) is 0 Å². The van der Waals surface area contributed by atoms with Gasteiger partial charge in [-0.1, -0.05) is 174 Å². The molecule has 8 atom stereocenters. The van der Waals surface area contributed by atoms with E-state index < -0.39 is 61.5 Å². The summed E-state index contributed by atoms with van der Waals surface area (Å²) in [5, 5.41) is 64.5. The first kappa shape index (κ1) is 47.2. The van der Waals surface area contributed by atoms with E-state index in [4.69, 9.17) is 9.47 Å². The molecule has 2 unspecified atom stereocenters. The summed E-state index contributed by atoms with van der Waals surface area (Å²) in [6, 6.07) is -0.885. The molecule has 0 saturated carbocycles. The van der Waals surface area contributed by atoms with Gasteiger partial charge in [-0.25, -0.2) is 0 Å². The second-order valence-corrected chi connectivity index (χ2v) is 14.9. The molecule has 0 aromatic rings. The van der Waals surface area contributed by atoms with E-state index in [2.05, 4.69) is 19.2 Å². The van der Waals surface area contributed by atoms with Gasteiger partial charge in [0.2, 0.25) is 5.91 Å². The van der Waals surface area contributed by atoms with Crippen LogP contribution in [0.1, 0.15) is 187 Å². The monoisotopic (exact) mass is 718 g/mol. The number of rotatable bonds is 34. The molecule has 0 bridgehead atoms. The average Bonchev–Trinajstić information content (AvgIpc) is 3.11. The second-order valence-electron chi connectivity index (χ2n) is 14.9. The highest BCUT2D eigenvalue weighted by Gasteiger charge is 2.44. The predicted octanol–water partition coefficient (Wildman–Crippen LogP) is 6.58. The number of amides is 1. The molecule has 0 aliphatic carbocycles. The molecule has 298 valence electrons. The maximum absolute atomic E-state index is 13.0. The zero-order valence-corrected chi connectivity index (χ0v) is 32.0. The van der Waals surface area contributed by atoms with Crippen molar-refractivity contribution in [2.75, 3.05) is 13.2 Å². The van der Waals surface area contributed by atoms with Crippen molar-refractivity contribution >= 4 is 5.91 Å². The molecule has 1 amide bonds. The SMILES string of the molecule is CCCCCCCCCCCCCCC[C@@H](O)[C@H](CO[C@@H]1O[C@H](CO)[C@@H](O)C(O)C1O)NC(=O)[C@H](O)CCCCCCCCCCCCCC. The number of hydrogen-bond donors (Lipinski definition) is 7. The topological polar surface area (TPSA) is 169 Å². The van der Waals surface area contributed by atoms with Gasteiger partial charge in [-0.3, -0.25) is 4.79 Å². The third-order valence-electron chi connectivity index (χ3n) is 10.3. The molecule has 0 radical (unpaired) electrons. The lowest BCUT2D eigenvalue weighted by molar-refractivity contribution is -0.302. The van der Waals surface area contributed by atoms with E-state index in [0.717, 1.165) is 44.9 Å². The Labute approximate surface area is 305 Å². The van der Waals surface area contributed by atoms with Crippen molar-refractivity contribution in [1.82, 2.24) is 5.32 Å². The quantitative estimate of drug-likeness (QED) is 0.0364. The number of nitrogens with one attached hydrogen (secondary N) is 1. The van der Waals surface area contributed by atoms with Crippen molar-refractivity contribution in [3.63, 3.8) is 0 Å². The van der Waals surface area contributed by atoms with Gasteiger partial charge in [0.1, 0.15) is 30.5 Å². The molecule has 1 heterocycles. The zero-order valence-electron chi connectivity index (χ0n) is 32.0. The van der Waals surface area contributed by atoms with Crippen LogP contribution in [0.3, 0.4) is 0 Å². The number of ether oxygens (including phenoxy) is 2. The second kappa shape index (κ2) is 31.7. The van der Waals surface area contributed by atoms with Gasteiger partial charge < -0.3 is 45.4 Å². The van der Waals surface area contributed by atoms with E-state index in [-0.39, 0.29) is 6.61 Å². The molecule has 1 saturated heterocycles. The predicted molar refractivity (Wildman–Crippen MR) is 200 cm³/mol. The summed E-state index contributed by atoms with van der Waals surface area (Å²) < 4.78 is 11.1. The molecular formula is C40H79NO9. The van der Waals surface area contributed by atoms with E-state index >= 15 is 0 Å². The summed E-state index contributed by atoms with van der Waals surface area (Å²) in [6.07, 6.45) is 21.5. The summed E-state index contributed by atoms with van der Waals surface area (Å²) in [5.41, 5.74) is 0. The number of aliphatic hydroxyl groups is 6. The van der Waals surface area contributed by atoms with Crippen LogP contribution in [0.15, 0.2) is 0 Å². The van der Waals surface area contributed by atoms with Gasteiger partial charge in [-0.15, -0.1) is 0 Å². The summed E-state index contributed by atoms with van der Waals surface area (Å²) in [7, 11) is 0.